The molecular formula is C11H7BrO3. The smallest absolute Gasteiger partial charge is 0.319 e. The van der Waals surface area contributed by atoms with E-state index in [1.807, 2.05) is 6.07 Å². The van der Waals surface area contributed by atoms with Crippen LogP contribution in [0.3, 0.4) is 0 Å². The standard InChI is InChI=1S/C11H7BrO3/c12-8-5-6-3-1-2-4-7(6)9(10(8)13)11(14)15/h1-5,9H,(H,14,15). The molecule has 1 aliphatic carbocycles. The van der Waals surface area contributed by atoms with Crippen molar-refractivity contribution in [2.45, 2.75) is 5.92 Å². The molecule has 1 aromatic carbocycles. The minimum Gasteiger partial charge on any atom is -0.480 e. The summed E-state index contributed by atoms with van der Waals surface area (Å²) in [4.78, 5) is 22.6. The van der Waals surface area contributed by atoms with E-state index in [-0.39, 0.29) is 0 Å². The van der Waals surface area contributed by atoms with Gasteiger partial charge in [0.15, 0.2) is 5.78 Å². The van der Waals surface area contributed by atoms with Crippen molar-refractivity contribution < 1.29 is 14.7 Å². The monoisotopic (exact) mass is 266 g/mol. The molecule has 0 heterocycles. The van der Waals surface area contributed by atoms with Crippen molar-refractivity contribution in [2.75, 3.05) is 0 Å². The summed E-state index contributed by atoms with van der Waals surface area (Å²) in [5.41, 5.74) is 1.33. The van der Waals surface area contributed by atoms with Crippen LogP contribution in [0.2, 0.25) is 0 Å². The van der Waals surface area contributed by atoms with E-state index < -0.39 is 17.7 Å². The van der Waals surface area contributed by atoms with E-state index in [0.717, 1.165) is 5.56 Å². The van der Waals surface area contributed by atoms with E-state index in [4.69, 9.17) is 5.11 Å². The average molecular weight is 267 g/mol. The van der Waals surface area contributed by atoms with Crippen LogP contribution in [-0.4, -0.2) is 16.9 Å². The first kappa shape index (κ1) is 10.1. The number of carboxylic acids is 1. The predicted octanol–water partition coefficient (Wildman–Crippen LogP) is 2.17. The van der Waals surface area contributed by atoms with Crippen LogP contribution in [0.15, 0.2) is 28.7 Å². The lowest BCUT2D eigenvalue weighted by atomic mass is 9.86. The molecule has 1 atom stereocenters. The number of fused-ring (bicyclic) bond motifs is 1. The van der Waals surface area contributed by atoms with E-state index in [2.05, 4.69) is 15.9 Å². The molecule has 1 unspecified atom stereocenters. The van der Waals surface area contributed by atoms with E-state index in [9.17, 15) is 9.59 Å². The molecule has 0 saturated heterocycles. The normalized spacial score (nSPS) is 19.4. The lowest BCUT2D eigenvalue weighted by Crippen LogP contribution is -2.24. The summed E-state index contributed by atoms with van der Waals surface area (Å²) in [5, 5.41) is 9.00. The van der Waals surface area contributed by atoms with Crippen molar-refractivity contribution in [3.05, 3.63) is 39.9 Å². The highest BCUT2D eigenvalue weighted by atomic mass is 79.9. The van der Waals surface area contributed by atoms with Crippen LogP contribution in [0.25, 0.3) is 6.08 Å². The molecule has 1 aliphatic rings. The van der Waals surface area contributed by atoms with Crippen LogP contribution in [-0.2, 0) is 9.59 Å². The zero-order chi connectivity index (χ0) is 11.0. The fourth-order valence-corrected chi connectivity index (χ4v) is 2.11. The van der Waals surface area contributed by atoms with Crippen molar-refractivity contribution in [3.63, 3.8) is 0 Å². The maximum Gasteiger partial charge on any atom is 0.319 e. The van der Waals surface area contributed by atoms with Gasteiger partial charge in [-0.3, -0.25) is 9.59 Å². The number of hydrogen-bond acceptors (Lipinski definition) is 2. The number of carboxylic acid groups (broad SMARTS) is 1. The summed E-state index contributed by atoms with van der Waals surface area (Å²) < 4.78 is 0.314. The molecule has 0 spiro atoms. The van der Waals surface area contributed by atoms with Gasteiger partial charge in [0.05, 0.1) is 4.48 Å². The summed E-state index contributed by atoms with van der Waals surface area (Å²) >= 11 is 3.08. The Morgan fingerprint density at radius 1 is 1.33 bits per heavy atom. The minimum atomic E-state index is -1.11. The molecule has 0 aromatic heterocycles. The number of rotatable bonds is 1. The molecule has 0 amide bonds. The molecule has 0 bridgehead atoms. The highest BCUT2D eigenvalue weighted by Crippen LogP contribution is 2.33. The Morgan fingerprint density at radius 2 is 2.00 bits per heavy atom. The van der Waals surface area contributed by atoms with E-state index >= 15 is 0 Å². The summed E-state index contributed by atoms with van der Waals surface area (Å²) in [7, 11) is 0. The molecule has 3 nitrogen and oxygen atoms in total. The fourth-order valence-electron chi connectivity index (χ4n) is 1.64. The number of carbonyl (C=O) groups excluding carboxylic acids is 1. The van der Waals surface area contributed by atoms with Crippen molar-refractivity contribution >= 4 is 33.8 Å². The Labute approximate surface area is 94.5 Å². The molecule has 2 rings (SSSR count). The zero-order valence-electron chi connectivity index (χ0n) is 7.61. The number of aliphatic carboxylic acids is 1. The van der Waals surface area contributed by atoms with Gasteiger partial charge in [-0.1, -0.05) is 24.3 Å². The largest absolute Gasteiger partial charge is 0.480 e. The summed E-state index contributed by atoms with van der Waals surface area (Å²) in [6.07, 6.45) is 1.65. The molecule has 4 heteroatoms. The number of Topliss-reactive ketones (excluding diaryl/α,β-unsaturated/α-hetero) is 1. The third kappa shape index (κ3) is 1.61. The molecule has 76 valence electrons. The maximum absolute atomic E-state index is 11.6. The Morgan fingerprint density at radius 3 is 2.67 bits per heavy atom. The van der Waals surface area contributed by atoms with Gasteiger partial charge in [-0.15, -0.1) is 0 Å². The van der Waals surface area contributed by atoms with Gasteiger partial charge in [-0.25, -0.2) is 0 Å². The van der Waals surface area contributed by atoms with Gasteiger partial charge in [0.25, 0.3) is 0 Å². The SMILES string of the molecule is O=C(O)C1C(=O)C(Br)=Cc2ccccc21. The number of ketones is 1. The molecule has 0 saturated carbocycles. The third-order valence-electron chi connectivity index (χ3n) is 2.33. The fraction of sp³-hybridized carbons (Fsp3) is 0.0909. The summed E-state index contributed by atoms with van der Waals surface area (Å²) in [5.74, 6) is -2.60. The van der Waals surface area contributed by atoms with Crippen LogP contribution in [0, 0.1) is 0 Å². The number of benzene rings is 1. The van der Waals surface area contributed by atoms with Crippen LogP contribution in [0.1, 0.15) is 17.0 Å². The van der Waals surface area contributed by atoms with E-state index in [1.165, 1.54) is 0 Å². The number of hydrogen-bond donors (Lipinski definition) is 1. The summed E-state index contributed by atoms with van der Waals surface area (Å²) in [6, 6.07) is 7.00. The van der Waals surface area contributed by atoms with Crippen LogP contribution >= 0.6 is 15.9 Å². The van der Waals surface area contributed by atoms with Gasteiger partial charge < -0.3 is 5.11 Å². The highest BCUT2D eigenvalue weighted by molar-refractivity contribution is 9.12. The van der Waals surface area contributed by atoms with Gasteiger partial charge in [0, 0.05) is 0 Å². The first-order valence-electron chi connectivity index (χ1n) is 4.34. The predicted molar refractivity (Wildman–Crippen MR) is 58.7 cm³/mol. The van der Waals surface area contributed by atoms with Crippen molar-refractivity contribution in [1.82, 2.24) is 0 Å². The summed E-state index contributed by atoms with van der Waals surface area (Å²) in [6.45, 7) is 0. The van der Waals surface area contributed by atoms with Crippen LogP contribution in [0.4, 0.5) is 0 Å². The number of allylic oxidation sites excluding steroid dienone is 1. The minimum absolute atomic E-state index is 0.314. The second kappa shape index (κ2) is 3.62. The molecule has 0 aliphatic heterocycles. The molecule has 0 radical (unpaired) electrons. The maximum atomic E-state index is 11.6. The molecule has 1 N–H and O–H groups in total. The van der Waals surface area contributed by atoms with Crippen LogP contribution < -0.4 is 0 Å². The van der Waals surface area contributed by atoms with Crippen molar-refractivity contribution in [1.29, 1.82) is 0 Å². The zero-order valence-corrected chi connectivity index (χ0v) is 9.19. The molecular weight excluding hydrogens is 260 g/mol. The first-order chi connectivity index (χ1) is 7.11. The van der Waals surface area contributed by atoms with Gasteiger partial charge in [-0.2, -0.15) is 0 Å². The third-order valence-corrected chi connectivity index (χ3v) is 2.95. The van der Waals surface area contributed by atoms with Gasteiger partial charge in [0.1, 0.15) is 5.92 Å². The van der Waals surface area contributed by atoms with Gasteiger partial charge >= 0.3 is 5.97 Å². The molecule has 1 aromatic rings. The molecule has 15 heavy (non-hydrogen) atoms. The number of carbonyl (C=O) groups is 2. The van der Waals surface area contributed by atoms with Gasteiger partial charge in [0.2, 0.25) is 0 Å². The average Bonchev–Trinajstić information content (AvgIpc) is 2.19. The lowest BCUT2D eigenvalue weighted by Gasteiger charge is -2.18. The molecule has 0 fully saturated rings. The quantitative estimate of drug-likeness (QED) is 0.793. The van der Waals surface area contributed by atoms with E-state index in [1.54, 1.807) is 24.3 Å². The first-order valence-corrected chi connectivity index (χ1v) is 5.13. The Hall–Kier alpha value is -1.42. The van der Waals surface area contributed by atoms with Crippen molar-refractivity contribution in [3.8, 4) is 0 Å². The second-order valence-electron chi connectivity index (χ2n) is 3.26. The van der Waals surface area contributed by atoms with Gasteiger partial charge in [-0.05, 0) is 33.1 Å². The number of halogens is 1. The van der Waals surface area contributed by atoms with Crippen molar-refractivity contribution in [2.24, 2.45) is 0 Å². The topological polar surface area (TPSA) is 54.4 Å². The van der Waals surface area contributed by atoms with Crippen LogP contribution in [0.5, 0.6) is 0 Å². The second-order valence-corrected chi connectivity index (χ2v) is 4.11. The Bertz CT molecular complexity index is 476. The highest BCUT2D eigenvalue weighted by Gasteiger charge is 2.34. The van der Waals surface area contributed by atoms with E-state index in [0.29, 0.717) is 10.0 Å². The lowest BCUT2D eigenvalue weighted by molar-refractivity contribution is -0.141. The Balaban J connectivity index is 2.64. The Kier molecular flexibility index (Phi) is 2.44.